The van der Waals surface area contributed by atoms with Gasteiger partial charge in [-0.05, 0) is 24.1 Å². The number of piperazine rings is 1. The average Bonchev–Trinajstić information content (AvgIpc) is 2.49. The van der Waals surface area contributed by atoms with E-state index in [0.717, 1.165) is 31.7 Å². The molecular weight excluding hydrogens is 388 g/mol. The van der Waals surface area contributed by atoms with Crippen molar-refractivity contribution < 1.29 is 17.9 Å². The maximum absolute atomic E-state index is 12.6. The second-order valence-corrected chi connectivity index (χ2v) is 5.76. The van der Waals surface area contributed by atoms with Gasteiger partial charge in [0.25, 0.3) is 0 Å². The van der Waals surface area contributed by atoms with Crippen molar-refractivity contribution in [2.45, 2.75) is 25.1 Å². The van der Waals surface area contributed by atoms with E-state index in [9.17, 15) is 13.2 Å². The largest absolute Gasteiger partial charge is 0.495 e. The van der Waals surface area contributed by atoms with Crippen LogP contribution in [0.1, 0.15) is 24.4 Å². The Bertz CT molecular complexity index is 497. The van der Waals surface area contributed by atoms with E-state index >= 15 is 0 Å². The molecule has 1 fully saturated rings. The fourth-order valence-electron chi connectivity index (χ4n) is 2.74. The maximum Gasteiger partial charge on any atom is 0.389 e. The van der Waals surface area contributed by atoms with E-state index in [1.54, 1.807) is 18.2 Å². The SMILES string of the molecule is COc1cc([C@@H](CCC(F)(F)F)N2CCNCC2)ccc1Cl.Cl.Cl. The van der Waals surface area contributed by atoms with Crippen LogP contribution in [-0.2, 0) is 0 Å². The Morgan fingerprint density at radius 1 is 1.25 bits per heavy atom. The minimum Gasteiger partial charge on any atom is -0.495 e. The quantitative estimate of drug-likeness (QED) is 0.776. The molecule has 0 saturated carbocycles. The molecule has 9 heteroatoms. The van der Waals surface area contributed by atoms with E-state index < -0.39 is 12.6 Å². The molecule has 1 aliphatic heterocycles. The summed E-state index contributed by atoms with van der Waals surface area (Å²) in [7, 11) is 1.50. The van der Waals surface area contributed by atoms with E-state index in [1.807, 2.05) is 0 Å². The van der Waals surface area contributed by atoms with Gasteiger partial charge in [0.15, 0.2) is 0 Å². The fraction of sp³-hybridized carbons (Fsp3) is 0.600. The fourth-order valence-corrected chi connectivity index (χ4v) is 2.93. The molecule has 0 unspecified atom stereocenters. The molecule has 1 N–H and O–H groups in total. The lowest BCUT2D eigenvalue weighted by atomic mass is 9.99. The molecule has 0 amide bonds. The van der Waals surface area contributed by atoms with E-state index in [-0.39, 0.29) is 37.3 Å². The van der Waals surface area contributed by atoms with Crippen molar-refractivity contribution in [3.63, 3.8) is 0 Å². The first kappa shape index (κ1) is 23.6. The van der Waals surface area contributed by atoms with Crippen LogP contribution in [0.25, 0.3) is 0 Å². The first-order valence-electron chi connectivity index (χ1n) is 7.25. The molecule has 1 heterocycles. The van der Waals surface area contributed by atoms with Gasteiger partial charge in [-0.1, -0.05) is 17.7 Å². The van der Waals surface area contributed by atoms with Crippen molar-refractivity contribution >= 4 is 36.4 Å². The summed E-state index contributed by atoms with van der Waals surface area (Å²) in [5, 5.41) is 3.67. The first-order chi connectivity index (χ1) is 10.4. The molecule has 140 valence electrons. The van der Waals surface area contributed by atoms with Gasteiger partial charge in [-0.15, -0.1) is 24.8 Å². The number of ether oxygens (including phenoxy) is 1. The van der Waals surface area contributed by atoms with Gasteiger partial charge in [0.05, 0.1) is 12.1 Å². The van der Waals surface area contributed by atoms with Crippen LogP contribution in [0.5, 0.6) is 5.75 Å². The normalized spacial score (nSPS) is 16.7. The zero-order valence-electron chi connectivity index (χ0n) is 13.2. The van der Waals surface area contributed by atoms with Crippen molar-refractivity contribution in [3.8, 4) is 5.75 Å². The predicted molar refractivity (Wildman–Crippen MR) is 95.0 cm³/mol. The highest BCUT2D eigenvalue weighted by molar-refractivity contribution is 6.32. The Hall–Kier alpha value is -0.400. The van der Waals surface area contributed by atoms with Gasteiger partial charge in [0.2, 0.25) is 0 Å². The van der Waals surface area contributed by atoms with Crippen LogP contribution >= 0.6 is 36.4 Å². The van der Waals surface area contributed by atoms with E-state index in [2.05, 4.69) is 10.2 Å². The van der Waals surface area contributed by atoms with Crippen molar-refractivity contribution in [1.29, 1.82) is 0 Å². The third-order valence-corrected chi connectivity index (χ3v) is 4.17. The Labute approximate surface area is 157 Å². The lowest BCUT2D eigenvalue weighted by Gasteiger charge is -2.35. The van der Waals surface area contributed by atoms with Gasteiger partial charge in [-0.2, -0.15) is 13.2 Å². The maximum atomic E-state index is 12.6. The lowest BCUT2D eigenvalue weighted by molar-refractivity contribution is -0.138. The van der Waals surface area contributed by atoms with Crippen molar-refractivity contribution in [1.82, 2.24) is 10.2 Å². The first-order valence-corrected chi connectivity index (χ1v) is 7.63. The van der Waals surface area contributed by atoms with Crippen molar-refractivity contribution in [3.05, 3.63) is 28.8 Å². The van der Waals surface area contributed by atoms with Crippen LogP contribution < -0.4 is 10.1 Å². The zero-order valence-corrected chi connectivity index (χ0v) is 15.6. The Morgan fingerprint density at radius 2 is 1.88 bits per heavy atom. The Balaban J connectivity index is 0.00000264. The summed E-state index contributed by atoms with van der Waals surface area (Å²) in [5.41, 5.74) is 0.812. The molecule has 1 aromatic rings. The number of benzene rings is 1. The van der Waals surface area contributed by atoms with Crippen LogP contribution in [0.2, 0.25) is 5.02 Å². The summed E-state index contributed by atoms with van der Waals surface area (Å²) in [6, 6.07) is 4.92. The monoisotopic (exact) mass is 408 g/mol. The Morgan fingerprint density at radius 3 is 2.42 bits per heavy atom. The summed E-state index contributed by atoms with van der Waals surface area (Å²) in [5.74, 6) is 0.492. The molecule has 2 rings (SSSR count). The number of hydrogen-bond donors (Lipinski definition) is 1. The molecule has 0 bridgehead atoms. The molecule has 0 spiro atoms. The summed E-state index contributed by atoms with van der Waals surface area (Å²) < 4.78 is 43.1. The molecule has 24 heavy (non-hydrogen) atoms. The van der Waals surface area contributed by atoms with Gasteiger partial charge in [0.1, 0.15) is 5.75 Å². The highest BCUT2D eigenvalue weighted by Crippen LogP contribution is 2.35. The second-order valence-electron chi connectivity index (χ2n) is 5.35. The number of hydrogen-bond acceptors (Lipinski definition) is 3. The molecular formula is C15H22Cl3F3N2O. The second kappa shape index (κ2) is 10.6. The lowest BCUT2D eigenvalue weighted by Crippen LogP contribution is -2.45. The molecule has 3 nitrogen and oxygen atoms in total. The van der Waals surface area contributed by atoms with Gasteiger partial charge >= 0.3 is 6.18 Å². The van der Waals surface area contributed by atoms with Crippen LogP contribution in [0, 0.1) is 0 Å². The Kier molecular flexibility index (Phi) is 10.4. The van der Waals surface area contributed by atoms with Crippen LogP contribution in [0.4, 0.5) is 13.2 Å². The molecule has 1 aromatic carbocycles. The smallest absolute Gasteiger partial charge is 0.389 e. The van der Waals surface area contributed by atoms with Crippen molar-refractivity contribution in [2.75, 3.05) is 33.3 Å². The van der Waals surface area contributed by atoms with Gasteiger partial charge in [0, 0.05) is 38.6 Å². The average molecular weight is 410 g/mol. The minimum absolute atomic E-state index is 0. The number of rotatable bonds is 5. The van der Waals surface area contributed by atoms with Gasteiger partial charge < -0.3 is 10.1 Å². The number of nitrogens with one attached hydrogen (secondary N) is 1. The van der Waals surface area contributed by atoms with E-state index in [4.69, 9.17) is 16.3 Å². The van der Waals surface area contributed by atoms with Crippen LogP contribution in [0.15, 0.2) is 18.2 Å². The zero-order chi connectivity index (χ0) is 16.2. The number of alkyl halides is 3. The van der Waals surface area contributed by atoms with Crippen LogP contribution in [0.3, 0.4) is 0 Å². The highest BCUT2D eigenvalue weighted by atomic mass is 35.5. The summed E-state index contributed by atoms with van der Waals surface area (Å²) in [4.78, 5) is 2.09. The number of halogens is 6. The predicted octanol–water partition coefficient (Wildman–Crippen LogP) is 4.48. The third kappa shape index (κ3) is 6.84. The third-order valence-electron chi connectivity index (χ3n) is 3.85. The molecule has 0 aromatic heterocycles. The van der Waals surface area contributed by atoms with E-state index in [0.29, 0.717) is 10.8 Å². The van der Waals surface area contributed by atoms with Crippen molar-refractivity contribution in [2.24, 2.45) is 0 Å². The standard InChI is InChI=1S/C15H20ClF3N2O.2ClH/c1-22-14-10-11(2-3-12(14)16)13(4-5-15(17,18)19)21-8-6-20-7-9-21;;/h2-3,10,13,20H,4-9H2,1H3;2*1H/t13-;;/m1../s1. The molecule has 1 saturated heterocycles. The van der Waals surface area contributed by atoms with E-state index in [1.165, 1.54) is 7.11 Å². The number of methoxy groups -OCH3 is 1. The highest BCUT2D eigenvalue weighted by Gasteiger charge is 2.31. The summed E-state index contributed by atoms with van der Waals surface area (Å²) >= 11 is 6.01. The van der Waals surface area contributed by atoms with Gasteiger partial charge in [-0.3, -0.25) is 4.90 Å². The molecule has 0 radical (unpaired) electrons. The molecule has 0 aliphatic carbocycles. The molecule has 1 aliphatic rings. The summed E-state index contributed by atoms with van der Waals surface area (Å²) in [6.45, 7) is 3.03. The minimum atomic E-state index is -4.15. The summed E-state index contributed by atoms with van der Waals surface area (Å²) in [6.07, 6.45) is -4.91. The topological polar surface area (TPSA) is 24.5 Å². The number of nitrogens with zero attached hydrogens (tertiary/aromatic N) is 1. The molecule has 1 atom stereocenters. The van der Waals surface area contributed by atoms with Crippen LogP contribution in [-0.4, -0.2) is 44.4 Å². The van der Waals surface area contributed by atoms with Gasteiger partial charge in [-0.25, -0.2) is 0 Å².